The molecule has 1 fully saturated rings. The van der Waals surface area contributed by atoms with Crippen LogP contribution in [0.1, 0.15) is 24.4 Å². The summed E-state index contributed by atoms with van der Waals surface area (Å²) in [5.74, 6) is -0.183. The van der Waals surface area contributed by atoms with Crippen molar-refractivity contribution in [1.82, 2.24) is 9.80 Å². The molecule has 0 radical (unpaired) electrons. The van der Waals surface area contributed by atoms with Crippen molar-refractivity contribution in [3.63, 3.8) is 0 Å². The van der Waals surface area contributed by atoms with Gasteiger partial charge in [0.1, 0.15) is 5.60 Å². The largest absolute Gasteiger partial charge is 0.459 e. The van der Waals surface area contributed by atoms with E-state index >= 15 is 0 Å². The normalized spacial score (nSPS) is 16.9. The first-order valence-corrected chi connectivity index (χ1v) is 6.62. The molecule has 0 atom stereocenters. The number of nitrogens with zero attached hydrogens (tertiary/aromatic N) is 2. The molecule has 1 aliphatic rings. The van der Waals surface area contributed by atoms with Gasteiger partial charge in [-0.3, -0.25) is 9.59 Å². The molecule has 1 aromatic heterocycles. The molecule has 0 bridgehead atoms. The van der Waals surface area contributed by atoms with E-state index in [4.69, 9.17) is 4.42 Å². The minimum absolute atomic E-state index is 0.0201. The summed E-state index contributed by atoms with van der Waals surface area (Å²) in [6, 6.07) is 3.19. The highest BCUT2D eigenvalue weighted by molar-refractivity contribution is 5.94. The second-order valence-electron chi connectivity index (χ2n) is 5.65. The molecular weight excluding hydrogens is 260 g/mol. The van der Waals surface area contributed by atoms with Crippen molar-refractivity contribution in [2.24, 2.45) is 5.92 Å². The van der Waals surface area contributed by atoms with Gasteiger partial charge in [-0.15, -0.1) is 0 Å². The number of likely N-dealkylation sites (tertiary alicyclic amines) is 1. The molecule has 0 aromatic carbocycles. The van der Waals surface area contributed by atoms with Crippen molar-refractivity contribution >= 4 is 11.8 Å². The number of furan rings is 1. The van der Waals surface area contributed by atoms with Gasteiger partial charge in [-0.2, -0.15) is 0 Å². The monoisotopic (exact) mass is 280 g/mol. The molecular formula is C14H20N2O4. The van der Waals surface area contributed by atoms with E-state index in [0.717, 1.165) is 0 Å². The van der Waals surface area contributed by atoms with E-state index in [2.05, 4.69) is 0 Å². The van der Waals surface area contributed by atoms with E-state index in [-0.39, 0.29) is 30.0 Å². The standard InChI is InChI=1S/C14H20N2O4/c1-10(2)14(19)8-16(9-14)12(17)7-15(3)13(18)11-5-4-6-20-11/h4-6,10,19H,7-9H2,1-3H3. The van der Waals surface area contributed by atoms with E-state index in [9.17, 15) is 14.7 Å². The van der Waals surface area contributed by atoms with Gasteiger partial charge in [0.2, 0.25) is 5.91 Å². The maximum atomic E-state index is 12.0. The Labute approximate surface area is 118 Å². The predicted octanol–water partition coefficient (Wildman–Crippen LogP) is 0.581. The highest BCUT2D eigenvalue weighted by Gasteiger charge is 2.45. The summed E-state index contributed by atoms with van der Waals surface area (Å²) in [7, 11) is 1.55. The van der Waals surface area contributed by atoms with Crippen molar-refractivity contribution in [2.75, 3.05) is 26.7 Å². The summed E-state index contributed by atoms with van der Waals surface area (Å²) in [5.41, 5.74) is -0.792. The lowest BCUT2D eigenvalue weighted by atomic mass is 9.83. The Hall–Kier alpha value is -1.82. The Bertz CT molecular complexity index is 489. The minimum atomic E-state index is -0.792. The van der Waals surface area contributed by atoms with Gasteiger partial charge >= 0.3 is 0 Å². The highest BCUT2D eigenvalue weighted by Crippen LogP contribution is 2.28. The number of hydrogen-bond donors (Lipinski definition) is 1. The van der Waals surface area contributed by atoms with Crippen LogP contribution >= 0.6 is 0 Å². The van der Waals surface area contributed by atoms with E-state index in [1.807, 2.05) is 13.8 Å². The Morgan fingerprint density at radius 3 is 2.65 bits per heavy atom. The third-order valence-corrected chi connectivity index (χ3v) is 3.81. The van der Waals surface area contributed by atoms with Gasteiger partial charge in [-0.25, -0.2) is 0 Å². The van der Waals surface area contributed by atoms with Crippen LogP contribution in [0.25, 0.3) is 0 Å². The topological polar surface area (TPSA) is 74.0 Å². The zero-order valence-electron chi connectivity index (χ0n) is 12.0. The first kappa shape index (κ1) is 14.6. The fourth-order valence-corrected chi connectivity index (χ4v) is 2.12. The molecule has 2 rings (SSSR count). The van der Waals surface area contributed by atoms with Gasteiger partial charge < -0.3 is 19.3 Å². The Morgan fingerprint density at radius 1 is 1.50 bits per heavy atom. The summed E-state index contributed by atoms with van der Waals surface area (Å²) < 4.78 is 5.01. The predicted molar refractivity (Wildman–Crippen MR) is 72.0 cm³/mol. The average Bonchev–Trinajstić information content (AvgIpc) is 2.87. The number of hydrogen-bond acceptors (Lipinski definition) is 4. The molecule has 0 unspecified atom stereocenters. The Kier molecular flexibility index (Phi) is 3.85. The number of likely N-dealkylation sites (N-methyl/N-ethyl adjacent to an activating group) is 1. The van der Waals surface area contributed by atoms with Crippen LogP contribution in [-0.4, -0.2) is 59.0 Å². The molecule has 0 aliphatic carbocycles. The number of carbonyl (C=O) groups is 2. The first-order valence-electron chi connectivity index (χ1n) is 6.62. The van der Waals surface area contributed by atoms with Gasteiger partial charge in [0, 0.05) is 7.05 Å². The summed E-state index contributed by atoms with van der Waals surface area (Å²) in [4.78, 5) is 26.8. The lowest BCUT2D eigenvalue weighted by Gasteiger charge is -2.49. The van der Waals surface area contributed by atoms with Crippen molar-refractivity contribution in [3.05, 3.63) is 24.2 Å². The van der Waals surface area contributed by atoms with Crippen LogP contribution in [0.3, 0.4) is 0 Å². The van der Waals surface area contributed by atoms with Crippen molar-refractivity contribution in [2.45, 2.75) is 19.4 Å². The van der Waals surface area contributed by atoms with Crippen LogP contribution in [0.4, 0.5) is 0 Å². The molecule has 1 N–H and O–H groups in total. The van der Waals surface area contributed by atoms with Crippen molar-refractivity contribution < 1.29 is 19.1 Å². The molecule has 2 amide bonds. The number of carbonyl (C=O) groups excluding carboxylic acids is 2. The molecule has 1 aromatic rings. The molecule has 1 aliphatic heterocycles. The van der Waals surface area contributed by atoms with Crippen molar-refractivity contribution in [3.8, 4) is 0 Å². The number of rotatable bonds is 4. The molecule has 6 heteroatoms. The van der Waals surface area contributed by atoms with Crippen LogP contribution in [-0.2, 0) is 4.79 Å². The van der Waals surface area contributed by atoms with Gasteiger partial charge in [0.05, 0.1) is 25.9 Å². The van der Waals surface area contributed by atoms with E-state index in [1.54, 1.807) is 24.1 Å². The third-order valence-electron chi connectivity index (χ3n) is 3.81. The highest BCUT2D eigenvalue weighted by atomic mass is 16.3. The average molecular weight is 280 g/mol. The summed E-state index contributed by atoms with van der Waals surface area (Å²) in [6.07, 6.45) is 1.42. The smallest absolute Gasteiger partial charge is 0.289 e. The molecule has 20 heavy (non-hydrogen) atoms. The van der Waals surface area contributed by atoms with Crippen molar-refractivity contribution in [1.29, 1.82) is 0 Å². The van der Waals surface area contributed by atoms with Gasteiger partial charge in [-0.1, -0.05) is 13.8 Å². The van der Waals surface area contributed by atoms with Crippen LogP contribution in [0.2, 0.25) is 0 Å². The third kappa shape index (κ3) is 2.70. The van der Waals surface area contributed by atoms with Crippen LogP contribution in [0, 0.1) is 5.92 Å². The first-order chi connectivity index (χ1) is 9.33. The number of β-amino-alcohol motifs (C(OH)–C–C–N with tert-alkyl or cyclic N) is 1. The summed E-state index contributed by atoms with van der Waals surface area (Å²) in [5, 5.41) is 10.1. The van der Waals surface area contributed by atoms with Gasteiger partial charge in [-0.05, 0) is 18.1 Å². The molecule has 110 valence electrons. The number of aliphatic hydroxyl groups is 1. The summed E-state index contributed by atoms with van der Waals surface area (Å²) >= 11 is 0. The lowest BCUT2D eigenvalue weighted by Crippen LogP contribution is -2.67. The molecule has 0 spiro atoms. The van der Waals surface area contributed by atoms with E-state index < -0.39 is 5.60 Å². The van der Waals surface area contributed by atoms with Crippen LogP contribution in [0.15, 0.2) is 22.8 Å². The molecule has 0 saturated carbocycles. The Balaban J connectivity index is 1.86. The fraction of sp³-hybridized carbons (Fsp3) is 0.571. The molecule has 2 heterocycles. The quantitative estimate of drug-likeness (QED) is 0.875. The maximum absolute atomic E-state index is 12.0. The van der Waals surface area contributed by atoms with E-state index in [1.165, 1.54) is 11.2 Å². The zero-order valence-corrected chi connectivity index (χ0v) is 12.0. The Morgan fingerprint density at radius 2 is 2.15 bits per heavy atom. The second kappa shape index (κ2) is 5.28. The van der Waals surface area contributed by atoms with Gasteiger partial charge in [0.15, 0.2) is 5.76 Å². The lowest BCUT2D eigenvalue weighted by molar-refractivity contribution is -0.164. The SMILES string of the molecule is CC(C)C1(O)CN(C(=O)CN(C)C(=O)c2ccco2)C1. The zero-order chi connectivity index (χ0) is 14.9. The minimum Gasteiger partial charge on any atom is -0.459 e. The van der Waals surface area contributed by atoms with E-state index in [0.29, 0.717) is 13.1 Å². The second-order valence-corrected chi connectivity index (χ2v) is 5.65. The van der Waals surface area contributed by atoms with Crippen LogP contribution in [0.5, 0.6) is 0 Å². The van der Waals surface area contributed by atoms with Gasteiger partial charge in [0.25, 0.3) is 5.91 Å². The molecule has 1 saturated heterocycles. The maximum Gasteiger partial charge on any atom is 0.289 e. The fourth-order valence-electron chi connectivity index (χ4n) is 2.12. The summed E-state index contributed by atoms with van der Waals surface area (Å²) in [6.45, 7) is 4.48. The number of amides is 2. The van der Waals surface area contributed by atoms with Crippen LogP contribution < -0.4 is 0 Å². The molecule has 6 nitrogen and oxygen atoms in total.